The molecule has 0 bridgehead atoms. The Balaban J connectivity index is 2.02. The van der Waals surface area contributed by atoms with Crippen LogP contribution in [-0.4, -0.2) is 35.3 Å². The summed E-state index contributed by atoms with van der Waals surface area (Å²) in [5, 5.41) is 11.5. The summed E-state index contributed by atoms with van der Waals surface area (Å²) in [5.41, 5.74) is 1.78. The van der Waals surface area contributed by atoms with Crippen LogP contribution in [0.3, 0.4) is 0 Å². The standard InChI is InChI=1S/C17H16N4O2S/c1-22-14-9-8-13(10-15(14)23-2)16-19-20-17(24)21(16)18-11-12-6-4-3-5-7-12/h3-11H,1-2H3,(H,20,24)/b18-11+. The maximum Gasteiger partial charge on any atom is 0.216 e. The molecule has 1 heterocycles. The van der Waals surface area contributed by atoms with E-state index in [9.17, 15) is 0 Å². The molecule has 3 rings (SSSR count). The lowest BCUT2D eigenvalue weighted by Crippen LogP contribution is -1.96. The third-order valence-corrected chi connectivity index (χ3v) is 3.68. The lowest BCUT2D eigenvalue weighted by atomic mass is 10.2. The van der Waals surface area contributed by atoms with Crippen molar-refractivity contribution >= 4 is 18.4 Å². The third-order valence-electron chi connectivity index (χ3n) is 3.41. The molecule has 0 radical (unpaired) electrons. The van der Waals surface area contributed by atoms with Crippen molar-refractivity contribution in [2.24, 2.45) is 5.10 Å². The summed E-state index contributed by atoms with van der Waals surface area (Å²) >= 11 is 5.27. The van der Waals surface area contributed by atoms with E-state index in [1.807, 2.05) is 48.5 Å². The van der Waals surface area contributed by atoms with Crippen LogP contribution in [-0.2, 0) is 0 Å². The van der Waals surface area contributed by atoms with Gasteiger partial charge in [-0.3, -0.25) is 0 Å². The summed E-state index contributed by atoms with van der Waals surface area (Å²) in [6.45, 7) is 0. The second-order valence-electron chi connectivity index (χ2n) is 4.89. The molecule has 2 aromatic carbocycles. The van der Waals surface area contributed by atoms with E-state index in [1.54, 1.807) is 25.1 Å². The van der Waals surface area contributed by atoms with Crippen LogP contribution < -0.4 is 9.47 Å². The van der Waals surface area contributed by atoms with E-state index in [0.29, 0.717) is 22.1 Å². The first-order valence-electron chi connectivity index (χ1n) is 7.22. The van der Waals surface area contributed by atoms with Crippen molar-refractivity contribution in [3.8, 4) is 22.9 Å². The fraction of sp³-hybridized carbons (Fsp3) is 0.118. The van der Waals surface area contributed by atoms with E-state index in [0.717, 1.165) is 11.1 Å². The first-order valence-corrected chi connectivity index (χ1v) is 7.63. The maximum atomic E-state index is 5.34. The molecule has 0 spiro atoms. The molecule has 0 aliphatic rings. The number of hydrogen-bond donors (Lipinski definition) is 1. The molecule has 0 atom stereocenters. The lowest BCUT2D eigenvalue weighted by Gasteiger charge is -2.09. The SMILES string of the molecule is COc1ccc(-c2n[nH]c(=S)n2/N=C/c2ccccc2)cc1OC. The Hall–Kier alpha value is -2.93. The average molecular weight is 340 g/mol. The number of nitrogens with one attached hydrogen (secondary N) is 1. The van der Waals surface area contributed by atoms with E-state index in [-0.39, 0.29) is 0 Å². The normalized spacial score (nSPS) is 10.9. The summed E-state index contributed by atoms with van der Waals surface area (Å²) in [6, 6.07) is 15.3. The highest BCUT2D eigenvalue weighted by Gasteiger charge is 2.12. The van der Waals surface area contributed by atoms with Crippen molar-refractivity contribution in [1.82, 2.24) is 14.9 Å². The Morgan fingerprint density at radius 1 is 1.08 bits per heavy atom. The zero-order valence-corrected chi connectivity index (χ0v) is 14.1. The number of aromatic amines is 1. The first-order chi connectivity index (χ1) is 11.7. The molecule has 7 heteroatoms. The van der Waals surface area contributed by atoms with Crippen molar-refractivity contribution in [1.29, 1.82) is 0 Å². The predicted octanol–water partition coefficient (Wildman–Crippen LogP) is 3.51. The molecule has 1 N–H and O–H groups in total. The molecular formula is C17H16N4O2S. The molecule has 0 aliphatic carbocycles. The van der Waals surface area contributed by atoms with Crippen LogP contribution in [0.4, 0.5) is 0 Å². The van der Waals surface area contributed by atoms with Gasteiger partial charge in [0.25, 0.3) is 0 Å². The fourth-order valence-electron chi connectivity index (χ4n) is 2.22. The zero-order valence-electron chi connectivity index (χ0n) is 13.3. The van der Waals surface area contributed by atoms with E-state index < -0.39 is 0 Å². The van der Waals surface area contributed by atoms with Crippen LogP contribution in [0.2, 0.25) is 0 Å². The Morgan fingerprint density at radius 2 is 1.83 bits per heavy atom. The summed E-state index contributed by atoms with van der Waals surface area (Å²) in [5.74, 6) is 1.85. The predicted molar refractivity (Wildman–Crippen MR) is 95.4 cm³/mol. The molecule has 0 amide bonds. The van der Waals surface area contributed by atoms with Gasteiger partial charge in [-0.1, -0.05) is 30.3 Å². The van der Waals surface area contributed by atoms with Gasteiger partial charge >= 0.3 is 0 Å². The number of ether oxygens (including phenoxy) is 2. The lowest BCUT2D eigenvalue weighted by molar-refractivity contribution is 0.355. The van der Waals surface area contributed by atoms with E-state index >= 15 is 0 Å². The summed E-state index contributed by atoms with van der Waals surface area (Å²) < 4.78 is 12.6. The first kappa shape index (κ1) is 15.9. The number of methoxy groups -OCH3 is 2. The average Bonchev–Trinajstić information content (AvgIpc) is 3.00. The second-order valence-corrected chi connectivity index (χ2v) is 5.28. The van der Waals surface area contributed by atoms with E-state index in [2.05, 4.69) is 15.3 Å². The molecule has 122 valence electrons. The number of benzene rings is 2. The van der Waals surface area contributed by atoms with Gasteiger partial charge in [0, 0.05) is 5.56 Å². The van der Waals surface area contributed by atoms with Crippen molar-refractivity contribution in [3.63, 3.8) is 0 Å². The monoisotopic (exact) mass is 340 g/mol. The van der Waals surface area contributed by atoms with Gasteiger partial charge in [0.15, 0.2) is 17.3 Å². The van der Waals surface area contributed by atoms with Gasteiger partial charge in [0.2, 0.25) is 4.77 Å². The zero-order chi connectivity index (χ0) is 16.9. The highest BCUT2D eigenvalue weighted by molar-refractivity contribution is 7.71. The van der Waals surface area contributed by atoms with Gasteiger partial charge in [-0.2, -0.15) is 14.9 Å². The minimum Gasteiger partial charge on any atom is -0.493 e. The van der Waals surface area contributed by atoms with Crippen LogP contribution >= 0.6 is 12.2 Å². The minimum absolute atomic E-state index is 0.409. The molecule has 6 nitrogen and oxygen atoms in total. The van der Waals surface area contributed by atoms with Crippen LogP contribution in [0.5, 0.6) is 11.5 Å². The topological polar surface area (TPSA) is 64.4 Å². The van der Waals surface area contributed by atoms with E-state index in [4.69, 9.17) is 21.7 Å². The Bertz CT molecular complexity index is 916. The van der Waals surface area contributed by atoms with Crippen LogP contribution in [0.15, 0.2) is 53.6 Å². The molecule has 0 unspecified atom stereocenters. The van der Waals surface area contributed by atoms with Crippen molar-refractivity contribution < 1.29 is 9.47 Å². The maximum absolute atomic E-state index is 5.34. The van der Waals surface area contributed by atoms with Crippen LogP contribution in [0, 0.1) is 4.77 Å². The smallest absolute Gasteiger partial charge is 0.216 e. The Labute approximate surface area is 144 Å². The van der Waals surface area contributed by atoms with Crippen molar-refractivity contribution in [3.05, 3.63) is 58.9 Å². The van der Waals surface area contributed by atoms with E-state index in [1.165, 1.54) is 0 Å². The molecule has 0 fully saturated rings. The van der Waals surface area contributed by atoms with Gasteiger partial charge in [-0.15, -0.1) is 0 Å². The van der Waals surface area contributed by atoms with Gasteiger partial charge in [0.05, 0.1) is 20.4 Å². The van der Waals surface area contributed by atoms with Crippen LogP contribution in [0.1, 0.15) is 5.56 Å². The number of rotatable bonds is 5. The van der Waals surface area contributed by atoms with Crippen LogP contribution in [0.25, 0.3) is 11.4 Å². The molecule has 1 aromatic heterocycles. The van der Waals surface area contributed by atoms with Crippen molar-refractivity contribution in [2.75, 3.05) is 14.2 Å². The molecule has 24 heavy (non-hydrogen) atoms. The van der Waals surface area contributed by atoms with Gasteiger partial charge in [-0.05, 0) is 36.0 Å². The summed E-state index contributed by atoms with van der Waals surface area (Å²) in [4.78, 5) is 0. The highest BCUT2D eigenvalue weighted by Crippen LogP contribution is 2.31. The number of aromatic nitrogens is 3. The summed E-state index contributed by atoms with van der Waals surface area (Å²) in [7, 11) is 3.18. The molecule has 0 saturated carbocycles. The van der Waals surface area contributed by atoms with Gasteiger partial charge in [-0.25, -0.2) is 5.10 Å². The molecular weight excluding hydrogens is 324 g/mol. The largest absolute Gasteiger partial charge is 0.493 e. The molecule has 0 aliphatic heterocycles. The van der Waals surface area contributed by atoms with Crippen molar-refractivity contribution in [2.45, 2.75) is 0 Å². The number of hydrogen-bond acceptors (Lipinski definition) is 5. The Kier molecular flexibility index (Phi) is 4.72. The number of H-pyrrole nitrogens is 1. The molecule has 0 saturated heterocycles. The Morgan fingerprint density at radius 3 is 2.54 bits per heavy atom. The minimum atomic E-state index is 0.409. The summed E-state index contributed by atoms with van der Waals surface area (Å²) in [6.07, 6.45) is 1.73. The quantitative estimate of drug-likeness (QED) is 0.570. The fourth-order valence-corrected chi connectivity index (χ4v) is 2.40. The van der Waals surface area contributed by atoms with Gasteiger partial charge in [0.1, 0.15) is 0 Å². The molecule has 3 aromatic rings. The number of nitrogens with zero attached hydrogens (tertiary/aromatic N) is 3. The van der Waals surface area contributed by atoms with Gasteiger partial charge < -0.3 is 9.47 Å². The third kappa shape index (κ3) is 3.21. The highest BCUT2D eigenvalue weighted by atomic mass is 32.1. The second kappa shape index (κ2) is 7.10.